The van der Waals surface area contributed by atoms with Crippen LogP contribution in [0.5, 0.6) is 0 Å². The lowest BCUT2D eigenvalue weighted by Gasteiger charge is -2.26. The minimum absolute atomic E-state index is 0.0455. The van der Waals surface area contributed by atoms with Crippen LogP contribution in [0.25, 0.3) is 20.9 Å². The van der Waals surface area contributed by atoms with Crippen LogP contribution < -0.4 is 5.73 Å². The third-order valence-corrected chi connectivity index (χ3v) is 5.96. The van der Waals surface area contributed by atoms with E-state index in [1.165, 1.54) is 11.3 Å². The molecule has 1 aliphatic heterocycles. The Morgan fingerprint density at radius 2 is 2.12 bits per heavy atom. The maximum absolute atomic E-state index is 12.8. The fourth-order valence-corrected chi connectivity index (χ4v) is 4.55. The molecular weight excluding hydrogens is 344 g/mol. The van der Waals surface area contributed by atoms with Crippen molar-refractivity contribution in [3.05, 3.63) is 28.1 Å². The largest absolute Gasteiger partial charge is 0.397 e. The van der Waals surface area contributed by atoms with E-state index in [9.17, 15) is 4.79 Å². The molecule has 3 aromatic heterocycles. The van der Waals surface area contributed by atoms with E-state index in [-0.39, 0.29) is 5.91 Å². The van der Waals surface area contributed by atoms with E-state index in [0.717, 1.165) is 20.8 Å². The van der Waals surface area contributed by atoms with Crippen LogP contribution in [0.4, 0.5) is 5.69 Å². The van der Waals surface area contributed by atoms with Crippen molar-refractivity contribution in [1.29, 1.82) is 0 Å². The third kappa shape index (κ3) is 2.56. The number of anilines is 1. The Morgan fingerprint density at radius 3 is 2.83 bits per heavy atom. The lowest BCUT2D eigenvalue weighted by Crippen LogP contribution is -2.40. The molecule has 3 aromatic rings. The van der Waals surface area contributed by atoms with E-state index < -0.39 is 0 Å². The Hall–Kier alpha value is -2.03. The molecule has 8 heteroatoms. The maximum Gasteiger partial charge on any atom is 0.266 e. The fourth-order valence-electron chi connectivity index (χ4n) is 2.78. The molecule has 124 valence electrons. The highest BCUT2D eigenvalue weighted by Gasteiger charge is 2.25. The van der Waals surface area contributed by atoms with Gasteiger partial charge in [-0.25, -0.2) is 9.97 Å². The van der Waals surface area contributed by atoms with Crippen molar-refractivity contribution in [2.24, 2.45) is 0 Å². The topological polar surface area (TPSA) is 81.3 Å². The molecule has 1 fully saturated rings. The van der Waals surface area contributed by atoms with E-state index in [2.05, 4.69) is 9.97 Å². The van der Waals surface area contributed by atoms with Crippen LogP contribution >= 0.6 is 22.7 Å². The summed E-state index contributed by atoms with van der Waals surface area (Å²) in [6.07, 6.45) is 0. The number of ether oxygens (including phenoxy) is 1. The zero-order valence-corrected chi connectivity index (χ0v) is 14.7. The number of hydrogen-bond acceptors (Lipinski definition) is 7. The molecule has 4 rings (SSSR count). The number of morpholine rings is 1. The quantitative estimate of drug-likeness (QED) is 0.760. The van der Waals surface area contributed by atoms with Crippen LogP contribution in [-0.4, -0.2) is 47.1 Å². The second kappa shape index (κ2) is 6.12. The highest BCUT2D eigenvalue weighted by molar-refractivity contribution is 7.21. The summed E-state index contributed by atoms with van der Waals surface area (Å²) in [5, 5.41) is 2.78. The number of rotatable bonds is 2. The highest BCUT2D eigenvalue weighted by Crippen LogP contribution is 2.36. The Kier molecular flexibility index (Phi) is 3.95. The summed E-state index contributed by atoms with van der Waals surface area (Å²) in [5.41, 5.74) is 7.56. The van der Waals surface area contributed by atoms with Crippen LogP contribution in [0.2, 0.25) is 0 Å². The average molecular weight is 360 g/mol. The van der Waals surface area contributed by atoms with Gasteiger partial charge in [0.2, 0.25) is 0 Å². The number of fused-ring (bicyclic) bond motifs is 1. The van der Waals surface area contributed by atoms with Gasteiger partial charge in [-0.1, -0.05) is 6.07 Å². The normalized spacial score (nSPS) is 15.1. The van der Waals surface area contributed by atoms with Gasteiger partial charge in [-0.15, -0.1) is 22.7 Å². The monoisotopic (exact) mass is 360 g/mol. The van der Waals surface area contributed by atoms with Crippen molar-refractivity contribution in [2.45, 2.75) is 6.92 Å². The van der Waals surface area contributed by atoms with Gasteiger partial charge in [-0.2, -0.15) is 0 Å². The first-order chi connectivity index (χ1) is 11.6. The predicted molar refractivity (Wildman–Crippen MR) is 96.6 cm³/mol. The number of carbonyl (C=O) groups is 1. The van der Waals surface area contributed by atoms with Crippen LogP contribution in [0.15, 0.2) is 17.5 Å². The first kappa shape index (κ1) is 15.5. The van der Waals surface area contributed by atoms with E-state index in [0.29, 0.717) is 42.7 Å². The molecule has 4 heterocycles. The molecule has 0 atom stereocenters. The second-order valence-electron chi connectivity index (χ2n) is 5.54. The van der Waals surface area contributed by atoms with Crippen molar-refractivity contribution < 1.29 is 9.53 Å². The molecule has 0 aromatic carbocycles. The van der Waals surface area contributed by atoms with Gasteiger partial charge in [0.1, 0.15) is 9.71 Å². The molecule has 1 amide bonds. The zero-order valence-electron chi connectivity index (χ0n) is 13.1. The lowest BCUT2D eigenvalue weighted by molar-refractivity contribution is 0.0307. The number of hydrogen-bond donors (Lipinski definition) is 1. The molecule has 1 aliphatic rings. The number of nitrogens with two attached hydrogens (primary N) is 1. The van der Waals surface area contributed by atoms with E-state index >= 15 is 0 Å². The molecule has 1 saturated heterocycles. The van der Waals surface area contributed by atoms with Gasteiger partial charge in [0.05, 0.1) is 34.9 Å². The summed E-state index contributed by atoms with van der Waals surface area (Å²) in [7, 11) is 0. The Morgan fingerprint density at radius 1 is 1.33 bits per heavy atom. The molecule has 6 nitrogen and oxygen atoms in total. The summed E-state index contributed by atoms with van der Waals surface area (Å²) < 4.78 is 5.31. The SMILES string of the molecule is Cc1nc(-c2cccs2)nc2sc(C(=O)N3CCOCC3)c(N)c12. The lowest BCUT2D eigenvalue weighted by atomic mass is 10.2. The van der Waals surface area contributed by atoms with E-state index in [1.807, 2.05) is 24.4 Å². The third-order valence-electron chi connectivity index (χ3n) is 4.00. The molecule has 24 heavy (non-hydrogen) atoms. The number of amides is 1. The molecule has 0 unspecified atom stereocenters. The van der Waals surface area contributed by atoms with Crippen molar-refractivity contribution >= 4 is 44.5 Å². The fraction of sp³-hybridized carbons (Fsp3) is 0.312. The predicted octanol–water partition coefficient (Wildman–Crippen LogP) is 2.78. The van der Waals surface area contributed by atoms with Gasteiger partial charge < -0.3 is 15.4 Å². The van der Waals surface area contributed by atoms with Gasteiger partial charge in [0, 0.05) is 13.1 Å². The number of nitrogens with zero attached hydrogens (tertiary/aromatic N) is 3. The molecule has 2 N–H and O–H groups in total. The Bertz CT molecular complexity index is 899. The standard InChI is InChI=1S/C16H16N4O2S2/c1-9-11-12(17)13(16(21)20-4-6-22-7-5-20)24-15(11)19-14(18-9)10-3-2-8-23-10/h2-3,8H,4-7,17H2,1H3. The van der Waals surface area contributed by atoms with Gasteiger partial charge in [-0.05, 0) is 18.4 Å². The number of aromatic nitrogens is 2. The average Bonchev–Trinajstić information content (AvgIpc) is 3.23. The molecular formula is C16H16N4O2S2. The van der Waals surface area contributed by atoms with Crippen LogP contribution in [0.3, 0.4) is 0 Å². The summed E-state index contributed by atoms with van der Waals surface area (Å²) in [5.74, 6) is 0.637. The summed E-state index contributed by atoms with van der Waals surface area (Å²) >= 11 is 2.94. The molecule has 0 saturated carbocycles. The van der Waals surface area contributed by atoms with Gasteiger partial charge in [0.25, 0.3) is 5.91 Å². The van der Waals surface area contributed by atoms with E-state index in [4.69, 9.17) is 10.5 Å². The van der Waals surface area contributed by atoms with Gasteiger partial charge >= 0.3 is 0 Å². The van der Waals surface area contributed by atoms with Crippen molar-refractivity contribution in [3.8, 4) is 10.7 Å². The first-order valence-corrected chi connectivity index (χ1v) is 9.32. The summed E-state index contributed by atoms with van der Waals surface area (Å²) in [4.78, 5) is 26.1. The minimum atomic E-state index is -0.0455. The summed E-state index contributed by atoms with van der Waals surface area (Å²) in [6.45, 7) is 4.23. The van der Waals surface area contributed by atoms with Crippen molar-refractivity contribution in [3.63, 3.8) is 0 Å². The minimum Gasteiger partial charge on any atom is -0.397 e. The number of aryl methyl sites for hydroxylation is 1. The summed E-state index contributed by atoms with van der Waals surface area (Å²) in [6, 6.07) is 3.96. The zero-order chi connectivity index (χ0) is 16.7. The molecule has 0 radical (unpaired) electrons. The number of thiophene rings is 2. The number of carbonyl (C=O) groups excluding carboxylic acids is 1. The van der Waals surface area contributed by atoms with Crippen LogP contribution in [0.1, 0.15) is 15.4 Å². The maximum atomic E-state index is 12.8. The van der Waals surface area contributed by atoms with Crippen LogP contribution in [0, 0.1) is 6.92 Å². The Labute approximate surface area is 146 Å². The van der Waals surface area contributed by atoms with E-state index in [1.54, 1.807) is 16.2 Å². The molecule has 0 bridgehead atoms. The first-order valence-electron chi connectivity index (χ1n) is 7.62. The van der Waals surface area contributed by atoms with Gasteiger partial charge in [0.15, 0.2) is 5.82 Å². The van der Waals surface area contributed by atoms with Crippen molar-refractivity contribution in [1.82, 2.24) is 14.9 Å². The molecule has 0 spiro atoms. The highest BCUT2D eigenvalue weighted by atomic mass is 32.1. The smallest absolute Gasteiger partial charge is 0.266 e. The number of nitrogen functional groups attached to an aromatic ring is 1. The van der Waals surface area contributed by atoms with Crippen LogP contribution in [-0.2, 0) is 4.74 Å². The molecule has 0 aliphatic carbocycles. The Balaban J connectivity index is 1.79. The van der Waals surface area contributed by atoms with Gasteiger partial charge in [-0.3, -0.25) is 4.79 Å². The van der Waals surface area contributed by atoms with Crippen molar-refractivity contribution in [2.75, 3.05) is 32.0 Å². The second-order valence-corrected chi connectivity index (χ2v) is 7.49.